The Kier molecular flexibility index (Phi) is 3.32. The Labute approximate surface area is 107 Å². The highest BCUT2D eigenvalue weighted by atomic mass is 19.1. The van der Waals surface area contributed by atoms with E-state index >= 15 is 0 Å². The Bertz CT molecular complexity index is 577. The molecule has 2 nitrogen and oxygen atoms in total. The summed E-state index contributed by atoms with van der Waals surface area (Å²) in [4.78, 5) is 4.14. The first-order valence-electron chi connectivity index (χ1n) is 6.01. The molecule has 0 amide bonds. The molecular formula is C15H17FN2. The first kappa shape index (κ1) is 12.6. The van der Waals surface area contributed by atoms with Crippen LogP contribution in [0.15, 0.2) is 30.5 Å². The molecule has 94 valence electrons. The fourth-order valence-corrected chi connectivity index (χ4v) is 2.07. The van der Waals surface area contributed by atoms with Crippen molar-refractivity contribution in [3.8, 4) is 11.1 Å². The molecule has 0 bridgehead atoms. The smallest absolute Gasteiger partial charge is 0.124 e. The molecule has 0 fully saturated rings. The van der Waals surface area contributed by atoms with E-state index in [1.807, 2.05) is 32.9 Å². The fraction of sp³-hybridized carbons (Fsp3) is 0.267. The molecular weight excluding hydrogens is 227 g/mol. The minimum Gasteiger partial charge on any atom is -0.398 e. The number of halogens is 1. The zero-order valence-electron chi connectivity index (χ0n) is 10.9. The maximum atomic E-state index is 13.7. The van der Waals surface area contributed by atoms with Crippen LogP contribution in [0.3, 0.4) is 0 Å². The van der Waals surface area contributed by atoms with Crippen molar-refractivity contribution in [2.45, 2.75) is 26.7 Å². The topological polar surface area (TPSA) is 38.9 Å². The van der Waals surface area contributed by atoms with Crippen LogP contribution in [0, 0.1) is 12.7 Å². The maximum absolute atomic E-state index is 13.7. The predicted octanol–water partition coefficient (Wildman–Crippen LogP) is 3.90. The van der Waals surface area contributed by atoms with Crippen LogP contribution in [0.4, 0.5) is 10.1 Å². The van der Waals surface area contributed by atoms with Crippen molar-refractivity contribution in [2.24, 2.45) is 0 Å². The Morgan fingerprint density at radius 3 is 2.56 bits per heavy atom. The molecule has 0 radical (unpaired) electrons. The van der Waals surface area contributed by atoms with Gasteiger partial charge in [-0.05, 0) is 48.2 Å². The van der Waals surface area contributed by atoms with Gasteiger partial charge >= 0.3 is 0 Å². The van der Waals surface area contributed by atoms with E-state index in [9.17, 15) is 4.39 Å². The number of aryl methyl sites for hydroxylation is 1. The maximum Gasteiger partial charge on any atom is 0.124 e. The van der Waals surface area contributed by atoms with Gasteiger partial charge in [-0.3, -0.25) is 4.98 Å². The molecule has 2 rings (SSSR count). The van der Waals surface area contributed by atoms with Gasteiger partial charge in [0.1, 0.15) is 5.82 Å². The summed E-state index contributed by atoms with van der Waals surface area (Å²) in [6.45, 7) is 5.92. The van der Waals surface area contributed by atoms with Crippen LogP contribution in [0.5, 0.6) is 0 Å². The van der Waals surface area contributed by atoms with Crippen LogP contribution in [-0.2, 0) is 0 Å². The van der Waals surface area contributed by atoms with E-state index in [0.717, 1.165) is 22.4 Å². The van der Waals surface area contributed by atoms with Gasteiger partial charge in [0.15, 0.2) is 0 Å². The van der Waals surface area contributed by atoms with Gasteiger partial charge in [-0.2, -0.15) is 0 Å². The molecule has 0 saturated heterocycles. The van der Waals surface area contributed by atoms with Crippen LogP contribution < -0.4 is 5.73 Å². The minimum absolute atomic E-state index is 0.197. The van der Waals surface area contributed by atoms with Crippen LogP contribution >= 0.6 is 0 Å². The number of aromatic nitrogens is 1. The van der Waals surface area contributed by atoms with Crippen LogP contribution in [-0.4, -0.2) is 4.98 Å². The lowest BCUT2D eigenvalue weighted by Crippen LogP contribution is -2.00. The summed E-state index contributed by atoms with van der Waals surface area (Å²) in [7, 11) is 0. The van der Waals surface area contributed by atoms with Gasteiger partial charge in [-0.15, -0.1) is 0 Å². The van der Waals surface area contributed by atoms with Gasteiger partial charge in [-0.1, -0.05) is 13.8 Å². The second-order valence-corrected chi connectivity index (χ2v) is 4.80. The Balaban J connectivity index is 2.64. The average Bonchev–Trinajstić information content (AvgIpc) is 2.31. The average molecular weight is 244 g/mol. The van der Waals surface area contributed by atoms with Gasteiger partial charge in [-0.25, -0.2) is 4.39 Å². The Morgan fingerprint density at radius 2 is 1.94 bits per heavy atom. The Hall–Kier alpha value is -1.90. The summed E-state index contributed by atoms with van der Waals surface area (Å²) in [5.74, 6) is -0.0558. The van der Waals surface area contributed by atoms with E-state index in [4.69, 9.17) is 5.73 Å². The molecule has 1 heterocycles. The van der Waals surface area contributed by atoms with Gasteiger partial charge < -0.3 is 5.73 Å². The molecule has 0 aliphatic heterocycles. The molecule has 0 aliphatic carbocycles. The highest BCUT2D eigenvalue weighted by molar-refractivity contribution is 5.79. The van der Waals surface area contributed by atoms with E-state index in [1.54, 1.807) is 6.20 Å². The highest BCUT2D eigenvalue weighted by Crippen LogP contribution is 2.33. The second kappa shape index (κ2) is 4.77. The second-order valence-electron chi connectivity index (χ2n) is 4.80. The lowest BCUT2D eigenvalue weighted by atomic mass is 9.94. The van der Waals surface area contributed by atoms with Crippen LogP contribution in [0.2, 0.25) is 0 Å². The number of hydrogen-bond acceptors (Lipinski definition) is 2. The lowest BCUT2D eigenvalue weighted by Gasteiger charge is -2.14. The number of benzene rings is 1. The van der Waals surface area contributed by atoms with Gasteiger partial charge in [0.2, 0.25) is 0 Å². The van der Waals surface area contributed by atoms with Crippen molar-refractivity contribution < 1.29 is 4.39 Å². The summed E-state index contributed by atoms with van der Waals surface area (Å²) in [5.41, 5.74) is 10.2. The number of nitrogen functional groups attached to an aromatic ring is 1. The SMILES string of the molecule is Cc1cc(-c2cc(F)cc(C(C)C)c2N)ccn1. The zero-order valence-corrected chi connectivity index (χ0v) is 10.9. The number of rotatable bonds is 2. The van der Waals surface area contributed by atoms with Gasteiger partial charge in [0.05, 0.1) is 0 Å². The van der Waals surface area contributed by atoms with E-state index in [1.165, 1.54) is 12.1 Å². The molecule has 1 aromatic carbocycles. The Morgan fingerprint density at radius 1 is 1.22 bits per heavy atom. The molecule has 0 atom stereocenters. The van der Waals surface area contributed by atoms with E-state index in [2.05, 4.69) is 4.98 Å². The first-order valence-corrected chi connectivity index (χ1v) is 6.01. The monoisotopic (exact) mass is 244 g/mol. The normalized spacial score (nSPS) is 10.9. The highest BCUT2D eigenvalue weighted by Gasteiger charge is 2.12. The third-order valence-corrected chi connectivity index (χ3v) is 3.01. The summed E-state index contributed by atoms with van der Waals surface area (Å²) >= 11 is 0. The molecule has 1 aromatic heterocycles. The molecule has 3 heteroatoms. The largest absolute Gasteiger partial charge is 0.398 e. The van der Waals surface area contributed by atoms with Crippen LogP contribution in [0.1, 0.15) is 31.0 Å². The van der Waals surface area contributed by atoms with Crippen molar-refractivity contribution in [1.29, 1.82) is 0 Å². The third kappa shape index (κ3) is 2.35. The molecule has 0 spiro atoms. The third-order valence-electron chi connectivity index (χ3n) is 3.01. The first-order chi connectivity index (χ1) is 8.49. The number of nitrogens with zero attached hydrogens (tertiary/aromatic N) is 1. The van der Waals surface area contributed by atoms with Crippen LogP contribution in [0.25, 0.3) is 11.1 Å². The zero-order chi connectivity index (χ0) is 13.3. The standard InChI is InChI=1S/C15H17FN2/c1-9(2)13-7-12(16)8-14(15(13)17)11-4-5-18-10(3)6-11/h4-9H,17H2,1-3H3. The number of nitrogens with two attached hydrogens (primary N) is 1. The molecule has 0 saturated carbocycles. The van der Waals surface area contributed by atoms with Crippen molar-refractivity contribution in [3.05, 3.63) is 47.5 Å². The summed E-state index contributed by atoms with van der Waals surface area (Å²) < 4.78 is 13.7. The fourth-order valence-electron chi connectivity index (χ4n) is 2.07. The molecule has 18 heavy (non-hydrogen) atoms. The minimum atomic E-state index is -0.252. The predicted molar refractivity (Wildman–Crippen MR) is 72.9 cm³/mol. The molecule has 2 N–H and O–H groups in total. The number of pyridine rings is 1. The molecule has 2 aromatic rings. The molecule has 0 aliphatic rings. The van der Waals surface area contributed by atoms with Crippen molar-refractivity contribution in [1.82, 2.24) is 4.98 Å². The number of hydrogen-bond donors (Lipinski definition) is 1. The summed E-state index contributed by atoms with van der Waals surface area (Å²) in [6.07, 6.45) is 1.71. The van der Waals surface area contributed by atoms with E-state index in [-0.39, 0.29) is 11.7 Å². The van der Waals surface area contributed by atoms with E-state index in [0.29, 0.717) is 5.69 Å². The number of anilines is 1. The summed E-state index contributed by atoms with van der Waals surface area (Å²) in [6, 6.07) is 6.75. The summed E-state index contributed by atoms with van der Waals surface area (Å²) in [5, 5.41) is 0. The van der Waals surface area contributed by atoms with Crippen molar-refractivity contribution in [3.63, 3.8) is 0 Å². The quantitative estimate of drug-likeness (QED) is 0.814. The molecule has 0 unspecified atom stereocenters. The van der Waals surface area contributed by atoms with Gasteiger partial charge in [0.25, 0.3) is 0 Å². The lowest BCUT2D eigenvalue weighted by molar-refractivity contribution is 0.624. The van der Waals surface area contributed by atoms with Crippen molar-refractivity contribution in [2.75, 3.05) is 5.73 Å². The van der Waals surface area contributed by atoms with E-state index < -0.39 is 0 Å². The van der Waals surface area contributed by atoms with Gasteiger partial charge in [0, 0.05) is 23.1 Å². The van der Waals surface area contributed by atoms with Crippen molar-refractivity contribution >= 4 is 5.69 Å².